The lowest BCUT2D eigenvalue weighted by molar-refractivity contribution is -0.121. The normalized spacial score (nSPS) is 10.6. The molecule has 0 saturated carbocycles. The van der Waals surface area contributed by atoms with Gasteiger partial charge in [0, 0.05) is 13.6 Å². The first-order valence-electron chi connectivity index (χ1n) is 5.47. The van der Waals surface area contributed by atoms with Crippen LogP contribution in [0.15, 0.2) is 18.2 Å². The number of halogens is 1. The fraction of sp³-hybridized carbons (Fsp3) is 0.417. The van der Waals surface area contributed by atoms with Gasteiger partial charge in [0.25, 0.3) is 0 Å². The number of amides is 1. The Balaban J connectivity index is 2.67. The van der Waals surface area contributed by atoms with Gasteiger partial charge < -0.3 is 10.4 Å². The predicted octanol–water partition coefficient (Wildman–Crippen LogP) is 1.10. The van der Waals surface area contributed by atoms with Crippen LogP contribution in [0.4, 0.5) is 4.39 Å². The maximum absolute atomic E-state index is 13.1. The lowest BCUT2D eigenvalue weighted by Crippen LogP contribution is -2.35. The average Bonchev–Trinajstić information content (AvgIpc) is 2.32. The van der Waals surface area contributed by atoms with Crippen molar-refractivity contribution in [3.63, 3.8) is 0 Å². The van der Waals surface area contributed by atoms with Gasteiger partial charge in [-0.05, 0) is 24.2 Å². The highest BCUT2D eigenvalue weighted by atomic mass is 19.1. The van der Waals surface area contributed by atoms with Gasteiger partial charge in [0.2, 0.25) is 5.91 Å². The Bertz CT molecular complexity index is 396. The summed E-state index contributed by atoms with van der Waals surface area (Å²) in [6, 6.07) is 4.24. The third-order valence-electron chi connectivity index (χ3n) is 2.51. The molecule has 5 heteroatoms. The van der Waals surface area contributed by atoms with Gasteiger partial charge in [0.05, 0.1) is 6.54 Å². The topological polar surface area (TPSA) is 52.6 Å². The Hall–Kier alpha value is -1.62. The Morgan fingerprint density at radius 1 is 1.53 bits per heavy atom. The molecule has 0 aromatic heterocycles. The quantitative estimate of drug-likeness (QED) is 0.810. The Morgan fingerprint density at radius 2 is 2.24 bits per heavy atom. The molecule has 0 heterocycles. The average molecular weight is 240 g/mol. The minimum Gasteiger partial charge on any atom is -0.505 e. The van der Waals surface area contributed by atoms with Crippen molar-refractivity contribution in [1.82, 2.24) is 10.2 Å². The van der Waals surface area contributed by atoms with Crippen molar-refractivity contribution in [2.75, 3.05) is 20.1 Å². The van der Waals surface area contributed by atoms with E-state index in [1.54, 1.807) is 13.1 Å². The second-order valence-electron chi connectivity index (χ2n) is 3.76. The summed E-state index contributed by atoms with van der Waals surface area (Å²) in [7, 11) is 1.58. The summed E-state index contributed by atoms with van der Waals surface area (Å²) < 4.78 is 13.1. The minimum absolute atomic E-state index is 0.0777. The molecule has 0 aliphatic rings. The number of nitrogens with zero attached hydrogens (tertiary/aromatic N) is 1. The molecule has 0 radical (unpaired) electrons. The van der Waals surface area contributed by atoms with Crippen molar-refractivity contribution in [3.05, 3.63) is 29.6 Å². The van der Waals surface area contributed by atoms with Gasteiger partial charge in [-0.3, -0.25) is 9.69 Å². The number of hydrogen-bond donors (Lipinski definition) is 2. The maximum Gasteiger partial charge on any atom is 0.233 e. The zero-order valence-corrected chi connectivity index (χ0v) is 10.0. The molecule has 0 aliphatic carbocycles. The molecule has 0 saturated heterocycles. The first-order valence-corrected chi connectivity index (χ1v) is 5.47. The minimum atomic E-state index is -0.640. The molecule has 1 aromatic carbocycles. The summed E-state index contributed by atoms with van der Waals surface area (Å²) in [5.41, 5.74) is 0.728. The van der Waals surface area contributed by atoms with Crippen LogP contribution in [0.1, 0.15) is 12.5 Å². The SMILES string of the molecule is CCN(CC(=O)NC)Cc1ccc(O)c(F)c1. The number of carbonyl (C=O) groups is 1. The second-order valence-corrected chi connectivity index (χ2v) is 3.76. The van der Waals surface area contributed by atoms with Crippen molar-refractivity contribution in [2.24, 2.45) is 0 Å². The Kier molecular flexibility index (Phi) is 4.90. The van der Waals surface area contributed by atoms with E-state index in [0.29, 0.717) is 13.1 Å². The van der Waals surface area contributed by atoms with E-state index in [4.69, 9.17) is 5.11 Å². The number of hydrogen-bond acceptors (Lipinski definition) is 3. The number of likely N-dealkylation sites (N-methyl/N-ethyl adjacent to an activating group) is 2. The highest BCUT2D eigenvalue weighted by Gasteiger charge is 2.09. The molecule has 0 atom stereocenters. The van der Waals surface area contributed by atoms with E-state index in [0.717, 1.165) is 5.56 Å². The summed E-state index contributed by atoms with van der Waals surface area (Å²) in [6.45, 7) is 3.37. The summed E-state index contributed by atoms with van der Waals surface area (Å²) in [4.78, 5) is 13.1. The molecular weight excluding hydrogens is 223 g/mol. The molecule has 17 heavy (non-hydrogen) atoms. The number of carbonyl (C=O) groups excluding carboxylic acids is 1. The molecule has 0 fully saturated rings. The first kappa shape index (κ1) is 13.4. The fourth-order valence-corrected chi connectivity index (χ4v) is 1.47. The van der Waals surface area contributed by atoms with E-state index in [1.807, 2.05) is 11.8 Å². The molecule has 2 N–H and O–H groups in total. The largest absolute Gasteiger partial charge is 0.505 e. The number of aromatic hydroxyl groups is 1. The number of rotatable bonds is 5. The van der Waals surface area contributed by atoms with Gasteiger partial charge in [0.1, 0.15) is 0 Å². The molecule has 1 rings (SSSR count). The van der Waals surface area contributed by atoms with Gasteiger partial charge in [-0.25, -0.2) is 4.39 Å². The van der Waals surface area contributed by atoms with Gasteiger partial charge >= 0.3 is 0 Å². The van der Waals surface area contributed by atoms with Crippen LogP contribution in [-0.4, -0.2) is 36.1 Å². The zero-order valence-electron chi connectivity index (χ0n) is 10.0. The van der Waals surface area contributed by atoms with Crippen LogP contribution >= 0.6 is 0 Å². The summed E-state index contributed by atoms with van der Waals surface area (Å²) in [5, 5.41) is 11.6. The van der Waals surface area contributed by atoms with E-state index in [9.17, 15) is 9.18 Å². The van der Waals surface area contributed by atoms with E-state index < -0.39 is 5.82 Å². The molecule has 4 nitrogen and oxygen atoms in total. The monoisotopic (exact) mass is 240 g/mol. The van der Waals surface area contributed by atoms with Gasteiger partial charge in [-0.2, -0.15) is 0 Å². The Labute approximate surface area is 100 Å². The highest BCUT2D eigenvalue weighted by Crippen LogP contribution is 2.17. The lowest BCUT2D eigenvalue weighted by atomic mass is 10.2. The van der Waals surface area contributed by atoms with Crippen molar-refractivity contribution < 1.29 is 14.3 Å². The van der Waals surface area contributed by atoms with Gasteiger partial charge in [0.15, 0.2) is 11.6 Å². The molecule has 0 spiro atoms. The van der Waals surface area contributed by atoms with Crippen molar-refractivity contribution in [2.45, 2.75) is 13.5 Å². The summed E-state index contributed by atoms with van der Waals surface area (Å²) in [5.74, 6) is -1.08. The third-order valence-corrected chi connectivity index (χ3v) is 2.51. The fourth-order valence-electron chi connectivity index (χ4n) is 1.47. The van der Waals surface area contributed by atoms with Crippen LogP contribution in [0.2, 0.25) is 0 Å². The molecular formula is C12H17FN2O2. The van der Waals surface area contributed by atoms with Crippen LogP contribution in [0.3, 0.4) is 0 Å². The summed E-state index contributed by atoms with van der Waals surface area (Å²) >= 11 is 0. The predicted molar refractivity (Wildman–Crippen MR) is 63.1 cm³/mol. The van der Waals surface area contributed by atoms with Crippen molar-refractivity contribution >= 4 is 5.91 Å². The van der Waals surface area contributed by atoms with Crippen LogP contribution in [-0.2, 0) is 11.3 Å². The smallest absolute Gasteiger partial charge is 0.233 e. The van der Waals surface area contributed by atoms with Crippen molar-refractivity contribution in [1.29, 1.82) is 0 Å². The lowest BCUT2D eigenvalue weighted by Gasteiger charge is -2.19. The molecule has 1 amide bonds. The van der Waals surface area contributed by atoms with E-state index in [2.05, 4.69) is 5.32 Å². The second kappa shape index (κ2) is 6.20. The number of phenolic OH excluding ortho intramolecular Hbond substituents is 1. The highest BCUT2D eigenvalue weighted by molar-refractivity contribution is 5.77. The van der Waals surface area contributed by atoms with Gasteiger partial charge in [-0.15, -0.1) is 0 Å². The summed E-state index contributed by atoms with van der Waals surface area (Å²) in [6.07, 6.45) is 0. The molecule has 94 valence electrons. The Morgan fingerprint density at radius 3 is 2.76 bits per heavy atom. The van der Waals surface area contributed by atoms with Crippen LogP contribution in [0.25, 0.3) is 0 Å². The molecule has 0 unspecified atom stereocenters. The first-order chi connectivity index (χ1) is 8.06. The number of phenols is 1. The van der Waals surface area contributed by atoms with Crippen LogP contribution < -0.4 is 5.32 Å². The number of nitrogens with one attached hydrogen (secondary N) is 1. The third kappa shape index (κ3) is 4.03. The molecule has 1 aromatic rings. The number of benzene rings is 1. The molecule has 0 aliphatic heterocycles. The van der Waals surface area contributed by atoms with Crippen molar-refractivity contribution in [3.8, 4) is 5.75 Å². The van der Waals surface area contributed by atoms with Crippen LogP contribution in [0, 0.1) is 5.82 Å². The molecule has 0 bridgehead atoms. The van der Waals surface area contributed by atoms with E-state index in [-0.39, 0.29) is 18.2 Å². The van der Waals surface area contributed by atoms with E-state index >= 15 is 0 Å². The van der Waals surface area contributed by atoms with Gasteiger partial charge in [-0.1, -0.05) is 13.0 Å². The standard InChI is InChI=1S/C12H17FN2O2/c1-3-15(8-12(17)14-2)7-9-4-5-11(16)10(13)6-9/h4-6,16H,3,7-8H2,1-2H3,(H,14,17). The maximum atomic E-state index is 13.1. The van der Waals surface area contributed by atoms with E-state index in [1.165, 1.54) is 12.1 Å². The zero-order chi connectivity index (χ0) is 12.8. The van der Waals surface area contributed by atoms with Crippen LogP contribution in [0.5, 0.6) is 5.75 Å².